The maximum Gasteiger partial charge on any atom is 0.209 e. The predicted molar refractivity (Wildman–Crippen MR) is 84.2 cm³/mol. The van der Waals surface area contributed by atoms with Crippen LogP contribution in [0.1, 0.15) is 34.1 Å². The van der Waals surface area contributed by atoms with Crippen molar-refractivity contribution in [3.05, 3.63) is 24.5 Å². The maximum absolute atomic E-state index is 10.3. The van der Waals surface area contributed by atoms with Gasteiger partial charge in [-0.25, -0.2) is 4.99 Å². The Morgan fingerprint density at radius 2 is 2.05 bits per heavy atom. The van der Waals surface area contributed by atoms with Crippen LogP contribution in [0.5, 0.6) is 0 Å². The van der Waals surface area contributed by atoms with Gasteiger partial charge in [0.15, 0.2) is 6.19 Å². The lowest BCUT2D eigenvalue weighted by atomic mass is 9.95. The van der Waals surface area contributed by atoms with Crippen LogP contribution in [-0.2, 0) is 0 Å². The van der Waals surface area contributed by atoms with Crippen LogP contribution in [0.15, 0.2) is 29.5 Å². The van der Waals surface area contributed by atoms with E-state index in [0.29, 0.717) is 12.4 Å². The second-order valence-corrected chi connectivity index (χ2v) is 6.57. The van der Waals surface area contributed by atoms with Crippen LogP contribution in [0.4, 0.5) is 5.69 Å². The summed E-state index contributed by atoms with van der Waals surface area (Å²) in [4.78, 5) is 8.56. The number of aliphatic imine (C=N–C) groups is 1. The fourth-order valence-corrected chi connectivity index (χ4v) is 2.81. The molecule has 0 amide bonds. The number of nitrogens with zero attached hydrogens (tertiary/aromatic N) is 4. The van der Waals surface area contributed by atoms with Gasteiger partial charge in [-0.1, -0.05) is 0 Å². The van der Waals surface area contributed by atoms with E-state index in [1.807, 2.05) is 33.9 Å². The number of hydrogen-bond acceptors (Lipinski definition) is 5. The van der Waals surface area contributed by atoms with Crippen molar-refractivity contribution < 1.29 is 5.21 Å². The van der Waals surface area contributed by atoms with Crippen molar-refractivity contribution in [2.75, 3.05) is 5.32 Å². The molecule has 1 aromatic heterocycles. The summed E-state index contributed by atoms with van der Waals surface area (Å²) in [6.45, 7) is 7.81. The predicted octanol–water partition coefficient (Wildman–Crippen LogP) is 1.94. The first-order valence-corrected chi connectivity index (χ1v) is 7.16. The number of rotatable bonds is 2. The van der Waals surface area contributed by atoms with Gasteiger partial charge in [-0.2, -0.15) is 10.3 Å². The van der Waals surface area contributed by atoms with E-state index in [2.05, 4.69) is 20.6 Å². The minimum absolute atomic E-state index is 0.155. The number of aromatic nitrogens is 1. The van der Waals surface area contributed by atoms with Crippen molar-refractivity contribution in [1.82, 2.24) is 15.4 Å². The topological polar surface area (TPSA) is 96.6 Å². The smallest absolute Gasteiger partial charge is 0.209 e. The Kier molecular flexibility index (Phi) is 4.35. The average molecular weight is 302 g/mol. The van der Waals surface area contributed by atoms with E-state index < -0.39 is 5.54 Å². The van der Waals surface area contributed by atoms with Crippen LogP contribution in [0.3, 0.4) is 0 Å². The minimum Gasteiger partial charge on any atom is -0.325 e. The first-order valence-electron chi connectivity index (χ1n) is 7.16. The Balaban J connectivity index is 2.25. The number of guanidine groups is 1. The summed E-state index contributed by atoms with van der Waals surface area (Å²) in [6, 6.07) is 3.42. The lowest BCUT2D eigenvalue weighted by Crippen LogP contribution is -2.48. The number of hydroxylamine groups is 2. The fourth-order valence-electron chi connectivity index (χ4n) is 2.81. The molecule has 0 saturated carbocycles. The third kappa shape index (κ3) is 3.18. The molecule has 118 valence electrons. The van der Waals surface area contributed by atoms with Crippen LogP contribution < -0.4 is 10.6 Å². The molecule has 1 fully saturated rings. The molecule has 0 aromatic carbocycles. The van der Waals surface area contributed by atoms with Gasteiger partial charge in [0.1, 0.15) is 0 Å². The van der Waals surface area contributed by atoms with Gasteiger partial charge >= 0.3 is 0 Å². The van der Waals surface area contributed by atoms with Crippen molar-refractivity contribution in [1.29, 1.82) is 5.26 Å². The highest BCUT2D eigenvalue weighted by atomic mass is 16.5. The zero-order chi connectivity index (χ0) is 16.4. The maximum atomic E-state index is 10.3. The van der Waals surface area contributed by atoms with Crippen molar-refractivity contribution in [2.24, 2.45) is 4.99 Å². The van der Waals surface area contributed by atoms with Crippen LogP contribution >= 0.6 is 0 Å². The van der Waals surface area contributed by atoms with Gasteiger partial charge in [0.25, 0.3) is 0 Å². The molecule has 1 unspecified atom stereocenters. The molecule has 0 bridgehead atoms. The van der Waals surface area contributed by atoms with Gasteiger partial charge in [0.2, 0.25) is 5.96 Å². The summed E-state index contributed by atoms with van der Waals surface area (Å²) in [7, 11) is 0. The fraction of sp³-hybridized carbons (Fsp3) is 0.533. The molecule has 0 radical (unpaired) electrons. The Morgan fingerprint density at radius 3 is 2.55 bits per heavy atom. The highest BCUT2D eigenvalue weighted by Crippen LogP contribution is 2.40. The van der Waals surface area contributed by atoms with Gasteiger partial charge in [-0.05, 0) is 46.2 Å². The first-order chi connectivity index (χ1) is 10.3. The highest BCUT2D eigenvalue weighted by Gasteiger charge is 2.51. The molecule has 2 heterocycles. The van der Waals surface area contributed by atoms with Crippen LogP contribution in [-0.4, -0.2) is 38.3 Å². The SMILES string of the molecule is CC1(C)CC(N=C(NC#N)Nc2ccncc2)C(C)(C)N1O. The molecule has 22 heavy (non-hydrogen) atoms. The lowest BCUT2D eigenvalue weighted by Gasteiger charge is -2.35. The summed E-state index contributed by atoms with van der Waals surface area (Å²) in [5.74, 6) is 0.359. The summed E-state index contributed by atoms with van der Waals surface area (Å²) in [5, 5.41) is 26.2. The molecule has 1 atom stereocenters. The third-order valence-corrected chi connectivity index (χ3v) is 4.03. The summed E-state index contributed by atoms with van der Waals surface area (Å²) in [6.07, 6.45) is 5.89. The Hall–Kier alpha value is -2.17. The molecule has 3 N–H and O–H groups in total. The summed E-state index contributed by atoms with van der Waals surface area (Å²) < 4.78 is 0. The molecule has 0 aliphatic carbocycles. The number of nitrogens with one attached hydrogen (secondary N) is 2. The van der Waals surface area contributed by atoms with Gasteiger partial charge in [0, 0.05) is 23.6 Å². The van der Waals surface area contributed by atoms with Crippen LogP contribution in [0, 0.1) is 11.5 Å². The molecule has 1 aliphatic rings. The minimum atomic E-state index is -0.522. The third-order valence-electron chi connectivity index (χ3n) is 4.03. The van der Waals surface area contributed by atoms with Crippen molar-refractivity contribution >= 4 is 11.6 Å². The number of pyridine rings is 1. The first kappa shape index (κ1) is 16.2. The normalized spacial score (nSPS) is 23.8. The average Bonchev–Trinajstić information content (AvgIpc) is 2.60. The zero-order valence-corrected chi connectivity index (χ0v) is 13.3. The van der Waals surface area contributed by atoms with Crippen molar-refractivity contribution in [3.63, 3.8) is 0 Å². The van der Waals surface area contributed by atoms with E-state index in [0.717, 1.165) is 5.69 Å². The number of hydrogen-bond donors (Lipinski definition) is 3. The molecule has 7 heteroatoms. The second kappa shape index (κ2) is 5.91. The molecule has 0 spiro atoms. The van der Waals surface area contributed by atoms with E-state index in [9.17, 15) is 5.21 Å². The Morgan fingerprint density at radius 1 is 1.41 bits per heavy atom. The highest BCUT2D eigenvalue weighted by molar-refractivity contribution is 5.94. The number of nitriles is 1. The Labute approximate surface area is 130 Å². The molecule has 1 aromatic rings. The van der Waals surface area contributed by atoms with E-state index in [1.165, 1.54) is 5.06 Å². The Bertz CT molecular complexity index is 590. The van der Waals surface area contributed by atoms with Gasteiger partial charge in [-0.15, -0.1) is 0 Å². The van der Waals surface area contributed by atoms with E-state index in [4.69, 9.17) is 5.26 Å². The number of anilines is 1. The van der Waals surface area contributed by atoms with Crippen molar-refractivity contribution in [3.8, 4) is 6.19 Å². The van der Waals surface area contributed by atoms with Gasteiger partial charge in [-0.3, -0.25) is 10.3 Å². The van der Waals surface area contributed by atoms with E-state index in [1.54, 1.807) is 24.5 Å². The monoisotopic (exact) mass is 302 g/mol. The standard InChI is InChI=1S/C15H22N6O/c1-14(2)9-12(15(3,4)21(14)22)20-13(18-10-16)19-11-5-7-17-8-6-11/h5-8,12,22H,9H2,1-4H3,(H2,17,18,19,20). The zero-order valence-electron chi connectivity index (χ0n) is 13.3. The molecule has 7 nitrogen and oxygen atoms in total. The van der Waals surface area contributed by atoms with Gasteiger partial charge < -0.3 is 10.5 Å². The lowest BCUT2D eigenvalue weighted by molar-refractivity contribution is -0.193. The van der Waals surface area contributed by atoms with Crippen LogP contribution in [0.25, 0.3) is 0 Å². The molecule has 1 aliphatic heterocycles. The van der Waals surface area contributed by atoms with Crippen LogP contribution in [0.2, 0.25) is 0 Å². The quantitative estimate of drug-likeness (QED) is 0.334. The summed E-state index contributed by atoms with van der Waals surface area (Å²) >= 11 is 0. The largest absolute Gasteiger partial charge is 0.325 e. The molecule has 2 rings (SSSR count). The van der Waals surface area contributed by atoms with E-state index in [-0.39, 0.29) is 11.6 Å². The molecule has 1 saturated heterocycles. The van der Waals surface area contributed by atoms with Crippen molar-refractivity contribution in [2.45, 2.75) is 51.2 Å². The summed E-state index contributed by atoms with van der Waals surface area (Å²) in [5.41, 5.74) is -0.106. The molecular formula is C15H22N6O. The van der Waals surface area contributed by atoms with Gasteiger partial charge in [0.05, 0.1) is 11.6 Å². The second-order valence-electron chi connectivity index (χ2n) is 6.57. The van der Waals surface area contributed by atoms with E-state index >= 15 is 0 Å². The molecular weight excluding hydrogens is 280 g/mol.